The maximum atomic E-state index is 12.9. The molecule has 0 spiro atoms. The number of hydrogen-bond donors (Lipinski definition) is 0. The van der Waals surface area contributed by atoms with Gasteiger partial charge in [0.05, 0.1) is 13.2 Å². The lowest BCUT2D eigenvalue weighted by Gasteiger charge is -2.22. The van der Waals surface area contributed by atoms with Crippen molar-refractivity contribution in [2.75, 3.05) is 13.2 Å². The van der Waals surface area contributed by atoms with Gasteiger partial charge in [0.15, 0.2) is 17.4 Å². The molecule has 0 amide bonds. The van der Waals surface area contributed by atoms with E-state index in [-0.39, 0.29) is 0 Å². The van der Waals surface area contributed by atoms with E-state index in [1.165, 1.54) is 6.07 Å². The molecule has 14 heavy (non-hydrogen) atoms. The Morgan fingerprint density at radius 3 is 2.36 bits per heavy atom. The summed E-state index contributed by atoms with van der Waals surface area (Å²) in [6.45, 7) is 2.62. The van der Waals surface area contributed by atoms with E-state index in [9.17, 15) is 8.78 Å². The molecule has 0 radical (unpaired) electrons. The number of benzene rings is 1. The third kappa shape index (κ3) is 1.51. The standard InChI is InChI=1S/C10H10F2O2/c1-10(13-4-5-14-10)7-2-3-8(11)9(12)6-7/h2-3,6H,4-5H2,1H3. The first-order chi connectivity index (χ1) is 6.62. The third-order valence-electron chi connectivity index (χ3n) is 2.28. The first-order valence-electron chi connectivity index (χ1n) is 4.35. The lowest BCUT2D eigenvalue weighted by molar-refractivity contribution is -0.149. The van der Waals surface area contributed by atoms with Gasteiger partial charge in [0, 0.05) is 5.56 Å². The predicted molar refractivity (Wildman–Crippen MR) is 45.6 cm³/mol. The molecule has 0 N–H and O–H groups in total. The number of rotatable bonds is 1. The van der Waals surface area contributed by atoms with Gasteiger partial charge in [-0.25, -0.2) is 8.78 Å². The Morgan fingerprint density at radius 1 is 1.14 bits per heavy atom. The Hall–Kier alpha value is -1.00. The van der Waals surface area contributed by atoms with Crippen molar-refractivity contribution in [3.8, 4) is 0 Å². The summed E-state index contributed by atoms with van der Waals surface area (Å²) < 4.78 is 36.2. The summed E-state index contributed by atoms with van der Waals surface area (Å²) >= 11 is 0. The molecule has 1 saturated heterocycles. The Labute approximate surface area is 80.4 Å². The van der Waals surface area contributed by atoms with Crippen molar-refractivity contribution < 1.29 is 18.3 Å². The lowest BCUT2D eigenvalue weighted by atomic mass is 10.1. The van der Waals surface area contributed by atoms with Crippen LogP contribution in [0.5, 0.6) is 0 Å². The Kier molecular flexibility index (Phi) is 2.25. The number of ether oxygens (including phenoxy) is 2. The van der Waals surface area contributed by atoms with Crippen LogP contribution >= 0.6 is 0 Å². The predicted octanol–water partition coefficient (Wildman–Crippen LogP) is 2.18. The van der Waals surface area contributed by atoms with Gasteiger partial charge in [-0.3, -0.25) is 0 Å². The normalized spacial score (nSPS) is 19.9. The Balaban J connectivity index is 2.36. The highest BCUT2D eigenvalue weighted by Crippen LogP contribution is 2.31. The van der Waals surface area contributed by atoms with Crippen molar-refractivity contribution >= 4 is 0 Å². The third-order valence-corrected chi connectivity index (χ3v) is 2.28. The molecule has 0 saturated carbocycles. The molecule has 2 rings (SSSR count). The van der Waals surface area contributed by atoms with Crippen LogP contribution < -0.4 is 0 Å². The van der Waals surface area contributed by atoms with Crippen molar-refractivity contribution in [3.63, 3.8) is 0 Å². The maximum absolute atomic E-state index is 12.9. The fourth-order valence-corrected chi connectivity index (χ4v) is 1.46. The molecule has 0 atom stereocenters. The molecule has 1 heterocycles. The molecule has 1 aromatic carbocycles. The van der Waals surface area contributed by atoms with E-state index in [4.69, 9.17) is 9.47 Å². The minimum atomic E-state index is -0.936. The van der Waals surface area contributed by atoms with E-state index in [1.807, 2.05) is 0 Å². The smallest absolute Gasteiger partial charge is 0.192 e. The molecule has 0 bridgehead atoms. The number of halogens is 2. The van der Waals surface area contributed by atoms with Crippen molar-refractivity contribution in [2.24, 2.45) is 0 Å². The molecule has 0 aliphatic carbocycles. The quantitative estimate of drug-likeness (QED) is 0.691. The molecule has 1 aliphatic rings. The van der Waals surface area contributed by atoms with Crippen LogP contribution in [0.4, 0.5) is 8.78 Å². The van der Waals surface area contributed by atoms with E-state index >= 15 is 0 Å². The summed E-state index contributed by atoms with van der Waals surface area (Å²) in [7, 11) is 0. The van der Waals surface area contributed by atoms with Gasteiger partial charge in [0.1, 0.15) is 0 Å². The fourth-order valence-electron chi connectivity index (χ4n) is 1.46. The van der Waals surface area contributed by atoms with E-state index < -0.39 is 17.4 Å². The van der Waals surface area contributed by atoms with Crippen LogP contribution in [-0.4, -0.2) is 13.2 Å². The highest BCUT2D eigenvalue weighted by atomic mass is 19.2. The van der Waals surface area contributed by atoms with Gasteiger partial charge in [-0.1, -0.05) is 6.07 Å². The van der Waals surface area contributed by atoms with Crippen molar-refractivity contribution in [2.45, 2.75) is 12.7 Å². The zero-order chi connectivity index (χ0) is 10.2. The van der Waals surface area contributed by atoms with Crippen LogP contribution in [0.2, 0.25) is 0 Å². The zero-order valence-corrected chi connectivity index (χ0v) is 7.72. The van der Waals surface area contributed by atoms with Gasteiger partial charge in [-0.2, -0.15) is 0 Å². The second kappa shape index (κ2) is 3.29. The van der Waals surface area contributed by atoms with Crippen molar-refractivity contribution in [1.29, 1.82) is 0 Å². The Bertz CT molecular complexity index is 346. The molecule has 1 aromatic rings. The zero-order valence-electron chi connectivity index (χ0n) is 7.72. The average Bonchev–Trinajstić information content (AvgIpc) is 2.58. The maximum Gasteiger partial charge on any atom is 0.192 e. The van der Waals surface area contributed by atoms with Crippen LogP contribution in [0.3, 0.4) is 0 Å². The molecule has 0 aromatic heterocycles. The van der Waals surface area contributed by atoms with Crippen LogP contribution in [-0.2, 0) is 15.3 Å². The van der Waals surface area contributed by atoms with Crippen LogP contribution in [0.15, 0.2) is 18.2 Å². The van der Waals surface area contributed by atoms with Crippen molar-refractivity contribution in [3.05, 3.63) is 35.4 Å². The van der Waals surface area contributed by atoms with E-state index in [0.29, 0.717) is 18.8 Å². The Morgan fingerprint density at radius 2 is 1.79 bits per heavy atom. The summed E-state index contributed by atoms with van der Waals surface area (Å²) in [5.41, 5.74) is 0.494. The van der Waals surface area contributed by atoms with Gasteiger partial charge in [0.25, 0.3) is 0 Å². The molecular weight excluding hydrogens is 190 g/mol. The minimum absolute atomic E-state index is 0.468. The minimum Gasteiger partial charge on any atom is -0.344 e. The van der Waals surface area contributed by atoms with E-state index in [2.05, 4.69) is 0 Å². The molecule has 4 heteroatoms. The van der Waals surface area contributed by atoms with Gasteiger partial charge < -0.3 is 9.47 Å². The largest absolute Gasteiger partial charge is 0.344 e. The summed E-state index contributed by atoms with van der Waals surface area (Å²) in [6, 6.07) is 3.63. The van der Waals surface area contributed by atoms with Gasteiger partial charge in [0.2, 0.25) is 0 Å². The van der Waals surface area contributed by atoms with Gasteiger partial charge in [-0.15, -0.1) is 0 Å². The van der Waals surface area contributed by atoms with Gasteiger partial charge in [-0.05, 0) is 19.1 Å². The summed E-state index contributed by atoms with van der Waals surface area (Å²) in [5.74, 6) is -2.69. The first-order valence-corrected chi connectivity index (χ1v) is 4.35. The van der Waals surface area contributed by atoms with E-state index in [1.54, 1.807) is 6.92 Å². The first kappa shape index (κ1) is 9.55. The number of hydrogen-bond acceptors (Lipinski definition) is 2. The van der Waals surface area contributed by atoms with Crippen LogP contribution in [0.1, 0.15) is 12.5 Å². The molecular formula is C10H10F2O2. The molecule has 76 valence electrons. The second-order valence-electron chi connectivity index (χ2n) is 3.27. The highest BCUT2D eigenvalue weighted by molar-refractivity contribution is 5.22. The summed E-state index contributed by atoms with van der Waals surface area (Å²) in [4.78, 5) is 0. The SMILES string of the molecule is CC1(c2ccc(F)c(F)c2)OCCO1. The van der Waals surface area contributed by atoms with Gasteiger partial charge >= 0.3 is 0 Å². The lowest BCUT2D eigenvalue weighted by Crippen LogP contribution is -2.22. The molecule has 1 aliphatic heterocycles. The highest BCUT2D eigenvalue weighted by Gasteiger charge is 2.33. The molecule has 0 unspecified atom stereocenters. The summed E-state index contributed by atoms with van der Waals surface area (Å²) in [5, 5.41) is 0. The van der Waals surface area contributed by atoms with Crippen molar-refractivity contribution in [1.82, 2.24) is 0 Å². The van der Waals surface area contributed by atoms with E-state index in [0.717, 1.165) is 12.1 Å². The van der Waals surface area contributed by atoms with Crippen LogP contribution in [0.25, 0.3) is 0 Å². The second-order valence-corrected chi connectivity index (χ2v) is 3.27. The fraction of sp³-hybridized carbons (Fsp3) is 0.400. The summed E-state index contributed by atoms with van der Waals surface area (Å²) in [6.07, 6.45) is 0. The average molecular weight is 200 g/mol. The topological polar surface area (TPSA) is 18.5 Å². The molecule has 2 nitrogen and oxygen atoms in total. The monoisotopic (exact) mass is 200 g/mol. The molecule has 1 fully saturated rings. The van der Waals surface area contributed by atoms with Crippen LogP contribution in [0, 0.1) is 11.6 Å².